The third-order valence-corrected chi connectivity index (χ3v) is 2.30. The molecule has 0 saturated carbocycles. The summed E-state index contributed by atoms with van der Waals surface area (Å²) in [5.41, 5.74) is 0.535. The zero-order chi connectivity index (χ0) is 13.5. The zero-order valence-corrected chi connectivity index (χ0v) is 10.0. The van der Waals surface area contributed by atoms with E-state index in [0.717, 1.165) is 0 Å². The van der Waals surface area contributed by atoms with E-state index in [1.54, 1.807) is 36.4 Å². The number of carbonyl (C=O) groups excluding carboxylic acids is 1. The van der Waals surface area contributed by atoms with Crippen molar-refractivity contribution in [3.63, 3.8) is 0 Å². The molecule has 0 radical (unpaired) electrons. The number of rotatable bonds is 5. The molecular formula is C14H11NO4. The van der Waals surface area contributed by atoms with Gasteiger partial charge in [0.1, 0.15) is 18.1 Å². The third-order valence-electron chi connectivity index (χ3n) is 2.30. The number of hydrogen-bond donors (Lipinski definition) is 0. The van der Waals surface area contributed by atoms with Crippen LogP contribution in [0.25, 0.3) is 0 Å². The lowest BCUT2D eigenvalue weighted by Gasteiger charge is -2.05. The maximum absolute atomic E-state index is 11.4. The molecule has 0 aliphatic heterocycles. The standard InChI is InChI=1S/C14H11NO4/c15-8-11-3-5-12(6-4-11)18-10-14(16)19-9-13-2-1-7-17-13/h1-7H,9-10H2. The summed E-state index contributed by atoms with van der Waals surface area (Å²) in [7, 11) is 0. The van der Waals surface area contributed by atoms with E-state index in [1.165, 1.54) is 6.26 Å². The van der Waals surface area contributed by atoms with E-state index in [2.05, 4.69) is 0 Å². The summed E-state index contributed by atoms with van der Waals surface area (Å²) in [5, 5.41) is 8.63. The predicted octanol–water partition coefficient (Wildman–Crippen LogP) is 2.27. The van der Waals surface area contributed by atoms with Crippen molar-refractivity contribution >= 4 is 5.97 Å². The van der Waals surface area contributed by atoms with E-state index in [1.807, 2.05) is 6.07 Å². The average Bonchev–Trinajstić information content (AvgIpc) is 2.96. The lowest BCUT2D eigenvalue weighted by Crippen LogP contribution is -2.14. The molecule has 0 spiro atoms. The number of benzene rings is 1. The Labute approximate surface area is 110 Å². The smallest absolute Gasteiger partial charge is 0.344 e. The van der Waals surface area contributed by atoms with Crippen LogP contribution in [0.4, 0.5) is 0 Å². The summed E-state index contributed by atoms with van der Waals surface area (Å²) >= 11 is 0. The van der Waals surface area contributed by atoms with Crippen molar-refractivity contribution in [2.45, 2.75) is 6.61 Å². The van der Waals surface area contributed by atoms with Gasteiger partial charge in [0.25, 0.3) is 0 Å². The Hall–Kier alpha value is -2.74. The quantitative estimate of drug-likeness (QED) is 0.768. The monoisotopic (exact) mass is 257 g/mol. The molecule has 0 amide bonds. The Morgan fingerprint density at radius 1 is 1.26 bits per heavy atom. The van der Waals surface area contributed by atoms with E-state index in [4.69, 9.17) is 19.2 Å². The number of nitriles is 1. The lowest BCUT2D eigenvalue weighted by atomic mass is 10.2. The molecule has 0 fully saturated rings. The van der Waals surface area contributed by atoms with Gasteiger partial charge in [-0.05, 0) is 36.4 Å². The predicted molar refractivity (Wildman–Crippen MR) is 65.2 cm³/mol. The molecule has 2 rings (SSSR count). The molecule has 1 heterocycles. The highest BCUT2D eigenvalue weighted by Crippen LogP contribution is 2.11. The second kappa shape index (κ2) is 6.26. The first-order valence-electron chi connectivity index (χ1n) is 5.59. The first kappa shape index (κ1) is 12.7. The highest BCUT2D eigenvalue weighted by molar-refractivity contribution is 5.71. The van der Waals surface area contributed by atoms with Crippen molar-refractivity contribution in [3.05, 3.63) is 54.0 Å². The minimum Gasteiger partial charge on any atom is -0.482 e. The summed E-state index contributed by atoms with van der Waals surface area (Å²) < 4.78 is 15.2. The molecule has 96 valence electrons. The Bertz CT molecular complexity index is 566. The molecular weight excluding hydrogens is 246 g/mol. The van der Waals surface area contributed by atoms with Crippen molar-refractivity contribution in [3.8, 4) is 11.8 Å². The number of carbonyl (C=O) groups is 1. The van der Waals surface area contributed by atoms with Crippen LogP contribution in [-0.4, -0.2) is 12.6 Å². The molecule has 0 bridgehead atoms. The van der Waals surface area contributed by atoms with Crippen molar-refractivity contribution in [1.29, 1.82) is 5.26 Å². The molecule has 0 atom stereocenters. The van der Waals surface area contributed by atoms with Gasteiger partial charge < -0.3 is 13.9 Å². The van der Waals surface area contributed by atoms with Gasteiger partial charge in [0, 0.05) is 0 Å². The maximum Gasteiger partial charge on any atom is 0.344 e. The fourth-order valence-electron chi connectivity index (χ4n) is 1.36. The van der Waals surface area contributed by atoms with Gasteiger partial charge in [0.05, 0.1) is 17.9 Å². The summed E-state index contributed by atoms with van der Waals surface area (Å²) in [6.45, 7) is -0.102. The average molecular weight is 257 g/mol. The van der Waals surface area contributed by atoms with Crippen LogP contribution >= 0.6 is 0 Å². The Morgan fingerprint density at radius 2 is 2.05 bits per heavy atom. The fraction of sp³-hybridized carbons (Fsp3) is 0.143. The largest absolute Gasteiger partial charge is 0.482 e. The number of nitrogens with zero attached hydrogens (tertiary/aromatic N) is 1. The summed E-state index contributed by atoms with van der Waals surface area (Å²) in [6, 6.07) is 11.9. The third kappa shape index (κ3) is 3.89. The summed E-state index contributed by atoms with van der Waals surface area (Å²) in [6.07, 6.45) is 1.51. The van der Waals surface area contributed by atoms with E-state index < -0.39 is 5.97 Å². The summed E-state index contributed by atoms with van der Waals surface area (Å²) in [5.74, 6) is 0.599. The molecule has 2 aromatic rings. The molecule has 19 heavy (non-hydrogen) atoms. The number of ether oxygens (including phenoxy) is 2. The van der Waals surface area contributed by atoms with Crippen LogP contribution < -0.4 is 4.74 Å². The van der Waals surface area contributed by atoms with Gasteiger partial charge in [-0.25, -0.2) is 4.79 Å². The first-order valence-corrected chi connectivity index (χ1v) is 5.59. The van der Waals surface area contributed by atoms with Crippen LogP contribution in [0.15, 0.2) is 47.1 Å². The molecule has 5 heteroatoms. The normalized spacial score (nSPS) is 9.63. The SMILES string of the molecule is N#Cc1ccc(OCC(=O)OCc2ccco2)cc1. The van der Waals surface area contributed by atoms with Crippen LogP contribution in [-0.2, 0) is 16.1 Å². The number of hydrogen-bond acceptors (Lipinski definition) is 5. The van der Waals surface area contributed by atoms with Crippen molar-refractivity contribution in [2.24, 2.45) is 0 Å². The minimum absolute atomic E-state index is 0.0859. The maximum atomic E-state index is 11.4. The van der Waals surface area contributed by atoms with Gasteiger partial charge >= 0.3 is 5.97 Å². The van der Waals surface area contributed by atoms with Crippen molar-refractivity contribution < 1.29 is 18.7 Å². The fourth-order valence-corrected chi connectivity index (χ4v) is 1.36. The van der Waals surface area contributed by atoms with Crippen molar-refractivity contribution in [1.82, 2.24) is 0 Å². The molecule has 0 unspecified atom stereocenters. The van der Waals surface area contributed by atoms with Gasteiger partial charge in [-0.3, -0.25) is 0 Å². The molecule has 0 N–H and O–H groups in total. The zero-order valence-electron chi connectivity index (χ0n) is 10.0. The minimum atomic E-state index is -0.485. The summed E-state index contributed by atoms with van der Waals surface area (Å²) in [4.78, 5) is 11.4. The lowest BCUT2D eigenvalue weighted by molar-refractivity contribution is -0.147. The van der Waals surface area contributed by atoms with Crippen LogP contribution in [0.1, 0.15) is 11.3 Å². The van der Waals surface area contributed by atoms with E-state index in [-0.39, 0.29) is 13.2 Å². The second-order valence-corrected chi connectivity index (χ2v) is 3.66. The topological polar surface area (TPSA) is 72.5 Å². The highest BCUT2D eigenvalue weighted by Gasteiger charge is 2.06. The molecule has 1 aromatic carbocycles. The van der Waals surface area contributed by atoms with Crippen LogP contribution in [0, 0.1) is 11.3 Å². The molecule has 0 saturated heterocycles. The van der Waals surface area contributed by atoms with Crippen LogP contribution in [0.2, 0.25) is 0 Å². The second-order valence-electron chi connectivity index (χ2n) is 3.66. The van der Waals surface area contributed by atoms with Crippen LogP contribution in [0.3, 0.4) is 0 Å². The van der Waals surface area contributed by atoms with Gasteiger partial charge in [0.2, 0.25) is 0 Å². The first-order chi connectivity index (χ1) is 9.28. The molecule has 1 aromatic heterocycles. The Morgan fingerprint density at radius 3 is 2.68 bits per heavy atom. The number of furan rings is 1. The van der Waals surface area contributed by atoms with Crippen molar-refractivity contribution in [2.75, 3.05) is 6.61 Å². The number of esters is 1. The van der Waals surface area contributed by atoms with Gasteiger partial charge in [-0.15, -0.1) is 0 Å². The highest BCUT2D eigenvalue weighted by atomic mass is 16.6. The van der Waals surface area contributed by atoms with E-state index in [0.29, 0.717) is 17.1 Å². The van der Waals surface area contributed by atoms with Gasteiger partial charge in [0.15, 0.2) is 6.61 Å². The molecule has 0 aliphatic rings. The van der Waals surface area contributed by atoms with E-state index >= 15 is 0 Å². The van der Waals surface area contributed by atoms with Crippen LogP contribution in [0.5, 0.6) is 5.75 Å². The van der Waals surface area contributed by atoms with Gasteiger partial charge in [-0.2, -0.15) is 5.26 Å². The Kier molecular flexibility index (Phi) is 4.19. The molecule has 5 nitrogen and oxygen atoms in total. The van der Waals surface area contributed by atoms with Gasteiger partial charge in [-0.1, -0.05) is 0 Å². The Balaban J connectivity index is 1.75. The van der Waals surface area contributed by atoms with E-state index in [9.17, 15) is 4.79 Å². The molecule has 0 aliphatic carbocycles.